The molecule has 6 heteroatoms. The summed E-state index contributed by atoms with van der Waals surface area (Å²) in [6, 6.07) is 0.523. The summed E-state index contributed by atoms with van der Waals surface area (Å²) >= 11 is 4.04. The lowest BCUT2D eigenvalue weighted by Crippen LogP contribution is -2.46. The van der Waals surface area contributed by atoms with Crippen LogP contribution in [0.1, 0.15) is 20.8 Å². The molecule has 0 saturated heterocycles. The smallest absolute Gasteiger partial charge is 0.473 e. The van der Waals surface area contributed by atoms with Gasteiger partial charge in [0.25, 0.3) is 11.9 Å². The molecule has 0 aliphatic heterocycles. The van der Waals surface area contributed by atoms with Crippen LogP contribution in [0.4, 0.5) is 0 Å². The molecule has 0 rings (SSSR count). The summed E-state index contributed by atoms with van der Waals surface area (Å²) in [5.41, 5.74) is 0. The van der Waals surface area contributed by atoms with Gasteiger partial charge >= 0.3 is 8.56 Å². The van der Waals surface area contributed by atoms with Crippen LogP contribution < -0.4 is 0 Å². The number of hydrogen-bond donors (Lipinski definition) is 1. The quantitative estimate of drug-likeness (QED) is 0.570. The van der Waals surface area contributed by atoms with Crippen molar-refractivity contribution >= 4 is 33.1 Å². The largest absolute Gasteiger partial charge is 0.485 e. The van der Waals surface area contributed by atoms with Crippen LogP contribution in [0.25, 0.3) is 0 Å². The summed E-state index contributed by atoms with van der Waals surface area (Å²) in [7, 11) is -2.70. The highest BCUT2D eigenvalue weighted by molar-refractivity contribution is 7.82. The number of carbonyl (C=O) groups is 2. The van der Waals surface area contributed by atoms with Crippen LogP contribution in [0.5, 0.6) is 0 Å². The zero-order chi connectivity index (χ0) is 10.5. The highest BCUT2D eigenvalue weighted by atomic mass is 32.1. The van der Waals surface area contributed by atoms with Crippen molar-refractivity contribution in [3.8, 4) is 0 Å². The first-order valence-electron chi connectivity index (χ1n) is 3.96. The van der Waals surface area contributed by atoms with Crippen LogP contribution in [-0.2, 0) is 18.4 Å². The van der Waals surface area contributed by atoms with E-state index in [0.29, 0.717) is 11.4 Å². The summed E-state index contributed by atoms with van der Waals surface area (Å²) in [5.74, 6) is -0.854. The number of carbonyl (C=O) groups excluding carboxylic acids is 2. The van der Waals surface area contributed by atoms with E-state index in [2.05, 4.69) is 12.6 Å². The highest BCUT2D eigenvalue weighted by Crippen LogP contribution is 2.15. The molecule has 0 radical (unpaired) electrons. The van der Waals surface area contributed by atoms with Crippen molar-refractivity contribution in [1.29, 1.82) is 0 Å². The molecule has 0 spiro atoms. The maximum Gasteiger partial charge on any atom is 0.473 e. The van der Waals surface area contributed by atoms with Gasteiger partial charge in [-0.25, -0.2) is 0 Å². The molecule has 0 unspecified atom stereocenters. The van der Waals surface area contributed by atoms with E-state index >= 15 is 0 Å². The second-order valence-electron chi connectivity index (χ2n) is 2.61. The van der Waals surface area contributed by atoms with Crippen molar-refractivity contribution < 1.29 is 18.4 Å². The van der Waals surface area contributed by atoms with Gasteiger partial charge in [0.2, 0.25) is 0 Å². The average Bonchev–Trinajstić information content (AvgIpc) is 2.01. The first-order chi connectivity index (χ1) is 5.95. The molecule has 0 aromatic heterocycles. The van der Waals surface area contributed by atoms with Crippen LogP contribution in [0.15, 0.2) is 0 Å². The third kappa shape index (κ3) is 4.32. The number of hydrogen-bond acceptors (Lipinski definition) is 5. The van der Waals surface area contributed by atoms with E-state index in [4.69, 9.17) is 8.85 Å². The van der Waals surface area contributed by atoms with Gasteiger partial charge < -0.3 is 8.85 Å². The van der Waals surface area contributed by atoms with E-state index in [1.54, 1.807) is 0 Å². The Balaban J connectivity index is 4.48. The molecule has 0 aromatic rings. The van der Waals surface area contributed by atoms with Gasteiger partial charge in [-0.15, -0.1) is 0 Å². The molecule has 0 aliphatic rings. The Labute approximate surface area is 84.3 Å². The highest BCUT2D eigenvalue weighted by Gasteiger charge is 2.40. The SMILES string of the molecule is CC[Si](CS)(OC(C)=O)OC(C)=O. The van der Waals surface area contributed by atoms with Crippen molar-refractivity contribution in [2.24, 2.45) is 0 Å². The Kier molecular flexibility index (Phi) is 5.08. The Morgan fingerprint density at radius 1 is 1.23 bits per heavy atom. The fourth-order valence-corrected chi connectivity index (χ4v) is 3.65. The minimum absolute atomic E-state index is 0.294. The topological polar surface area (TPSA) is 52.6 Å². The maximum atomic E-state index is 10.7. The summed E-state index contributed by atoms with van der Waals surface area (Å²) in [6.07, 6.45) is 0. The summed E-state index contributed by atoms with van der Waals surface area (Å²) < 4.78 is 10.1. The van der Waals surface area contributed by atoms with Crippen molar-refractivity contribution in [3.05, 3.63) is 0 Å². The van der Waals surface area contributed by atoms with Gasteiger partial charge in [-0.2, -0.15) is 12.6 Å². The van der Waals surface area contributed by atoms with Gasteiger partial charge in [0.1, 0.15) is 0 Å². The van der Waals surface area contributed by atoms with E-state index in [9.17, 15) is 9.59 Å². The molecule has 0 amide bonds. The Morgan fingerprint density at radius 3 is 1.77 bits per heavy atom. The molecule has 0 aromatic carbocycles. The molecule has 4 nitrogen and oxygen atoms in total. The molecule has 0 fully saturated rings. The van der Waals surface area contributed by atoms with Gasteiger partial charge in [-0.1, -0.05) is 6.92 Å². The van der Waals surface area contributed by atoms with E-state index in [1.807, 2.05) is 6.92 Å². The molecule has 0 heterocycles. The fraction of sp³-hybridized carbons (Fsp3) is 0.714. The van der Waals surface area contributed by atoms with Gasteiger partial charge in [0.05, 0.1) is 5.38 Å². The molecule has 0 N–H and O–H groups in total. The van der Waals surface area contributed by atoms with Crippen molar-refractivity contribution in [1.82, 2.24) is 0 Å². The van der Waals surface area contributed by atoms with Crippen LogP contribution in [-0.4, -0.2) is 25.9 Å². The lowest BCUT2D eigenvalue weighted by Gasteiger charge is -2.25. The summed E-state index contributed by atoms with van der Waals surface area (Å²) in [5, 5.41) is 0.294. The van der Waals surface area contributed by atoms with Gasteiger partial charge in [-0.3, -0.25) is 9.59 Å². The first kappa shape index (κ1) is 12.5. The van der Waals surface area contributed by atoms with Crippen molar-refractivity contribution in [2.75, 3.05) is 5.38 Å². The number of rotatable bonds is 4. The van der Waals surface area contributed by atoms with Crippen molar-refractivity contribution in [2.45, 2.75) is 26.8 Å². The minimum Gasteiger partial charge on any atom is -0.485 e. The average molecular weight is 222 g/mol. The van der Waals surface area contributed by atoms with Gasteiger partial charge in [-0.05, 0) is 0 Å². The van der Waals surface area contributed by atoms with Crippen LogP contribution >= 0.6 is 12.6 Å². The Morgan fingerprint density at radius 2 is 1.62 bits per heavy atom. The van der Waals surface area contributed by atoms with E-state index < -0.39 is 20.5 Å². The summed E-state index contributed by atoms with van der Waals surface area (Å²) in [4.78, 5) is 21.5. The normalized spacial score (nSPS) is 10.8. The van der Waals surface area contributed by atoms with Gasteiger partial charge in [0, 0.05) is 19.9 Å². The molecular weight excluding hydrogens is 208 g/mol. The van der Waals surface area contributed by atoms with Crippen molar-refractivity contribution in [3.63, 3.8) is 0 Å². The fourth-order valence-electron chi connectivity index (χ4n) is 0.865. The molecule has 0 atom stereocenters. The lowest BCUT2D eigenvalue weighted by atomic mass is 10.9. The standard InChI is InChI=1S/C7H14O4SSi/c1-4-13(5-12,10-6(2)8)11-7(3)9/h12H,4-5H2,1-3H3. The van der Waals surface area contributed by atoms with E-state index in [0.717, 1.165) is 0 Å². The van der Waals surface area contributed by atoms with Crippen LogP contribution in [0.3, 0.4) is 0 Å². The molecule has 0 saturated carbocycles. The zero-order valence-corrected chi connectivity index (χ0v) is 9.89. The lowest BCUT2D eigenvalue weighted by molar-refractivity contribution is -0.138. The molecule has 0 aliphatic carbocycles. The van der Waals surface area contributed by atoms with E-state index in [-0.39, 0.29) is 0 Å². The Hall–Kier alpha value is -0.493. The van der Waals surface area contributed by atoms with Crippen LogP contribution in [0.2, 0.25) is 6.04 Å². The number of thiol groups is 1. The molecule has 76 valence electrons. The third-order valence-electron chi connectivity index (χ3n) is 1.44. The maximum absolute atomic E-state index is 10.7. The van der Waals surface area contributed by atoms with E-state index in [1.165, 1.54) is 13.8 Å². The second kappa shape index (κ2) is 5.28. The minimum atomic E-state index is -2.70. The molecule has 13 heavy (non-hydrogen) atoms. The Bertz CT molecular complexity index is 185. The monoisotopic (exact) mass is 222 g/mol. The summed E-state index contributed by atoms with van der Waals surface area (Å²) in [6.45, 7) is 4.41. The predicted molar refractivity (Wildman–Crippen MR) is 53.6 cm³/mol. The molecular formula is C7H14O4SSi. The third-order valence-corrected chi connectivity index (χ3v) is 5.76. The van der Waals surface area contributed by atoms with Crippen LogP contribution in [0, 0.1) is 0 Å². The first-order valence-corrected chi connectivity index (χ1v) is 6.82. The zero-order valence-electron chi connectivity index (χ0n) is 7.99. The molecule has 0 bridgehead atoms. The van der Waals surface area contributed by atoms with Gasteiger partial charge in [0.15, 0.2) is 0 Å². The predicted octanol–water partition coefficient (Wildman–Crippen LogP) is 1.04. The second-order valence-corrected chi connectivity index (χ2v) is 6.81.